The van der Waals surface area contributed by atoms with Gasteiger partial charge in [-0.1, -0.05) is 24.3 Å². The predicted molar refractivity (Wildman–Crippen MR) is 124 cm³/mol. The van der Waals surface area contributed by atoms with Gasteiger partial charge in [-0.15, -0.1) is 0 Å². The van der Waals surface area contributed by atoms with Crippen LogP contribution in [0.3, 0.4) is 0 Å². The van der Waals surface area contributed by atoms with Gasteiger partial charge in [0.1, 0.15) is 0 Å². The molecule has 0 radical (unpaired) electrons. The molecule has 2 aromatic carbocycles. The Morgan fingerprint density at radius 1 is 1.03 bits per heavy atom. The molecule has 1 aliphatic heterocycles. The van der Waals surface area contributed by atoms with Crippen LogP contribution < -0.4 is 5.73 Å². The second-order valence-corrected chi connectivity index (χ2v) is 9.29. The first-order valence-electron chi connectivity index (χ1n) is 11.2. The molecule has 7 heteroatoms. The van der Waals surface area contributed by atoms with E-state index in [1.54, 1.807) is 5.06 Å². The van der Waals surface area contributed by atoms with Crippen LogP contribution in [0, 0.1) is 16.7 Å². The van der Waals surface area contributed by atoms with E-state index in [4.69, 9.17) is 15.6 Å². The molecule has 1 aromatic heterocycles. The van der Waals surface area contributed by atoms with E-state index in [0.717, 1.165) is 48.8 Å². The largest absolute Gasteiger partial charge is 0.368 e. The monoisotopic (exact) mass is 436 g/mol. The number of aromatic nitrogens is 2. The van der Waals surface area contributed by atoms with Crippen molar-refractivity contribution in [1.29, 1.82) is 5.26 Å². The number of benzene rings is 2. The molecule has 3 aliphatic rings. The molecule has 33 heavy (non-hydrogen) atoms. The standard InChI is InChI=1S/C26H24N6O/c1-32-24(28)31-26(33-32)23-11-19(18-5-2-4-17(10-18)14-27)7-8-20(23)12-25(26)9-3-6-21-15-29-30-16-22(21)13-25/h2,4-5,7-8,10-11,15-16H,3,6,9,12-13H2,1H3,(H2,28,31). The van der Waals surface area contributed by atoms with Crippen molar-refractivity contribution in [1.82, 2.24) is 15.3 Å². The van der Waals surface area contributed by atoms with E-state index in [1.165, 1.54) is 16.7 Å². The highest BCUT2D eigenvalue weighted by Gasteiger charge is 2.63. The highest BCUT2D eigenvalue weighted by atomic mass is 16.7. The molecule has 164 valence electrons. The van der Waals surface area contributed by atoms with Gasteiger partial charge in [-0.2, -0.15) is 15.5 Å². The van der Waals surface area contributed by atoms with Crippen molar-refractivity contribution < 1.29 is 4.84 Å². The molecule has 2 unspecified atom stereocenters. The Morgan fingerprint density at radius 2 is 1.82 bits per heavy atom. The molecule has 2 N–H and O–H groups in total. The summed E-state index contributed by atoms with van der Waals surface area (Å²) in [5.41, 5.74) is 12.6. The van der Waals surface area contributed by atoms with Crippen molar-refractivity contribution in [3.8, 4) is 17.2 Å². The Bertz CT molecular complexity index is 1340. The summed E-state index contributed by atoms with van der Waals surface area (Å²) in [6.07, 6.45) is 8.39. The summed E-state index contributed by atoms with van der Waals surface area (Å²) in [6.45, 7) is 0. The molecule has 2 atom stereocenters. The molecule has 6 rings (SSSR count). The van der Waals surface area contributed by atoms with E-state index < -0.39 is 5.72 Å². The average Bonchev–Trinajstić information content (AvgIpc) is 3.18. The zero-order valence-corrected chi connectivity index (χ0v) is 18.5. The molecular formula is C26H24N6O. The number of guanidine groups is 1. The van der Waals surface area contributed by atoms with E-state index >= 15 is 0 Å². The van der Waals surface area contributed by atoms with Crippen LogP contribution in [0.15, 0.2) is 59.9 Å². The van der Waals surface area contributed by atoms with Gasteiger partial charge >= 0.3 is 0 Å². The fraction of sp³-hybridized carbons (Fsp3) is 0.308. The highest BCUT2D eigenvalue weighted by Crippen LogP contribution is 2.60. The molecule has 3 aromatic rings. The number of nitriles is 1. The van der Waals surface area contributed by atoms with Crippen LogP contribution in [0.1, 0.15) is 40.7 Å². The Morgan fingerprint density at radius 3 is 2.61 bits per heavy atom. The summed E-state index contributed by atoms with van der Waals surface area (Å²) in [5.74, 6) is 0.386. The van der Waals surface area contributed by atoms with Crippen LogP contribution in [0.5, 0.6) is 0 Å². The normalized spacial score (nSPS) is 25.5. The molecule has 7 nitrogen and oxygen atoms in total. The van der Waals surface area contributed by atoms with E-state index in [9.17, 15) is 5.26 Å². The van der Waals surface area contributed by atoms with Crippen LogP contribution in [0.25, 0.3) is 11.1 Å². The van der Waals surface area contributed by atoms with Gasteiger partial charge in [0, 0.05) is 18.0 Å². The molecule has 0 fully saturated rings. The van der Waals surface area contributed by atoms with Gasteiger partial charge < -0.3 is 5.73 Å². The number of nitrogens with two attached hydrogens (primary N) is 1. The molecule has 0 saturated carbocycles. The van der Waals surface area contributed by atoms with Gasteiger partial charge in [-0.25, -0.2) is 14.9 Å². The van der Waals surface area contributed by atoms with Gasteiger partial charge in [0.25, 0.3) is 0 Å². The van der Waals surface area contributed by atoms with Crippen molar-refractivity contribution in [2.75, 3.05) is 7.05 Å². The SMILES string of the molecule is CN1OC2(N=C1N)c1cc(-c3cccc(C#N)c3)ccc1CC21CCCc2cnncc2C1. The number of hydrogen-bond acceptors (Lipinski definition) is 7. The lowest BCUT2D eigenvalue weighted by molar-refractivity contribution is -0.223. The van der Waals surface area contributed by atoms with Gasteiger partial charge in [0.2, 0.25) is 11.7 Å². The van der Waals surface area contributed by atoms with Crippen LogP contribution in [-0.2, 0) is 29.8 Å². The number of aliphatic imine (C=N–C) groups is 1. The van der Waals surface area contributed by atoms with Crippen molar-refractivity contribution in [3.63, 3.8) is 0 Å². The maximum absolute atomic E-state index is 9.35. The van der Waals surface area contributed by atoms with Gasteiger partial charge in [-0.3, -0.25) is 0 Å². The highest BCUT2D eigenvalue weighted by molar-refractivity contribution is 5.79. The minimum Gasteiger partial charge on any atom is -0.368 e. The van der Waals surface area contributed by atoms with E-state index in [1.807, 2.05) is 43.7 Å². The smallest absolute Gasteiger partial charge is 0.221 e. The van der Waals surface area contributed by atoms with Crippen LogP contribution in [-0.4, -0.2) is 28.3 Å². The lowest BCUT2D eigenvalue weighted by Gasteiger charge is -2.40. The maximum atomic E-state index is 9.35. The summed E-state index contributed by atoms with van der Waals surface area (Å²) in [5, 5.41) is 19.2. The number of aryl methyl sites for hydroxylation is 1. The third kappa shape index (κ3) is 2.87. The van der Waals surface area contributed by atoms with Gasteiger partial charge in [0.05, 0.1) is 24.0 Å². The number of nitrogens with zero attached hydrogens (tertiary/aromatic N) is 5. The molecular weight excluding hydrogens is 412 g/mol. The molecule has 2 spiro atoms. The second-order valence-electron chi connectivity index (χ2n) is 9.29. The van der Waals surface area contributed by atoms with E-state index in [0.29, 0.717) is 11.5 Å². The Balaban J connectivity index is 1.53. The van der Waals surface area contributed by atoms with Crippen molar-refractivity contribution in [2.45, 2.75) is 37.8 Å². The Hall–Kier alpha value is -3.76. The minimum atomic E-state index is -0.894. The van der Waals surface area contributed by atoms with Crippen LogP contribution in [0.4, 0.5) is 0 Å². The molecule has 0 saturated heterocycles. The molecule has 0 bridgehead atoms. The first kappa shape index (κ1) is 19.9. The number of hydrogen-bond donors (Lipinski definition) is 1. The summed E-state index contributed by atoms with van der Waals surface area (Å²) < 4.78 is 0. The third-order valence-electron chi connectivity index (χ3n) is 7.45. The van der Waals surface area contributed by atoms with E-state index in [-0.39, 0.29) is 5.41 Å². The third-order valence-corrected chi connectivity index (χ3v) is 7.45. The quantitative estimate of drug-likeness (QED) is 0.627. The van der Waals surface area contributed by atoms with Crippen molar-refractivity contribution in [3.05, 3.63) is 82.7 Å². The van der Waals surface area contributed by atoms with Crippen molar-refractivity contribution >= 4 is 5.96 Å². The number of fused-ring (bicyclic) bond motifs is 4. The predicted octanol–water partition coefficient (Wildman–Crippen LogP) is 3.48. The first-order chi connectivity index (χ1) is 16.0. The molecule has 2 heterocycles. The Kier molecular flexibility index (Phi) is 4.29. The average molecular weight is 437 g/mol. The minimum absolute atomic E-state index is 0.272. The molecule has 2 aliphatic carbocycles. The summed E-state index contributed by atoms with van der Waals surface area (Å²) in [4.78, 5) is 11.6. The summed E-state index contributed by atoms with van der Waals surface area (Å²) in [7, 11) is 1.82. The second kappa shape index (κ2) is 7.12. The van der Waals surface area contributed by atoms with E-state index in [2.05, 4.69) is 34.5 Å². The number of rotatable bonds is 1. The fourth-order valence-electron chi connectivity index (χ4n) is 5.85. The number of hydroxylamine groups is 2. The van der Waals surface area contributed by atoms with Gasteiger partial charge in [-0.05, 0) is 78.1 Å². The Labute approximate surface area is 192 Å². The van der Waals surface area contributed by atoms with Crippen LogP contribution in [0.2, 0.25) is 0 Å². The lowest BCUT2D eigenvalue weighted by Crippen LogP contribution is -2.44. The molecule has 0 amide bonds. The zero-order chi connectivity index (χ0) is 22.6. The first-order valence-corrected chi connectivity index (χ1v) is 11.2. The van der Waals surface area contributed by atoms with Crippen molar-refractivity contribution in [2.24, 2.45) is 16.1 Å². The maximum Gasteiger partial charge on any atom is 0.221 e. The summed E-state index contributed by atoms with van der Waals surface area (Å²) in [6, 6.07) is 16.4. The topological polar surface area (TPSA) is 100 Å². The lowest BCUT2D eigenvalue weighted by atomic mass is 9.71. The van der Waals surface area contributed by atoms with Gasteiger partial charge in [0.15, 0.2) is 0 Å². The summed E-state index contributed by atoms with van der Waals surface area (Å²) >= 11 is 0. The zero-order valence-electron chi connectivity index (χ0n) is 18.5. The van der Waals surface area contributed by atoms with Crippen LogP contribution >= 0.6 is 0 Å². The fourth-order valence-corrected chi connectivity index (χ4v) is 5.85.